The molecule has 156 valence electrons. The lowest BCUT2D eigenvalue weighted by Gasteiger charge is -2.10. The highest BCUT2D eigenvalue weighted by Gasteiger charge is 2.18. The summed E-state index contributed by atoms with van der Waals surface area (Å²) in [7, 11) is 0. The monoisotopic (exact) mass is 434 g/mol. The van der Waals surface area contributed by atoms with Crippen molar-refractivity contribution in [3.05, 3.63) is 69.5 Å². The number of nitrogens with one attached hydrogen (secondary N) is 1. The first-order valence-electron chi connectivity index (χ1n) is 9.67. The van der Waals surface area contributed by atoms with E-state index in [2.05, 4.69) is 15.4 Å². The summed E-state index contributed by atoms with van der Waals surface area (Å²) in [6.45, 7) is 2.15. The second kappa shape index (κ2) is 7.84. The number of carbonyl (C=O) groups excluding carboxylic acids is 1. The fourth-order valence-corrected chi connectivity index (χ4v) is 4.32. The summed E-state index contributed by atoms with van der Waals surface area (Å²) in [4.78, 5) is 29.9. The maximum absolute atomic E-state index is 12.9. The van der Waals surface area contributed by atoms with Crippen LogP contribution in [-0.4, -0.2) is 27.5 Å². The van der Waals surface area contributed by atoms with Gasteiger partial charge in [0.05, 0.1) is 9.71 Å². The van der Waals surface area contributed by atoms with Crippen molar-refractivity contribution in [2.75, 3.05) is 6.79 Å². The van der Waals surface area contributed by atoms with Gasteiger partial charge in [0.25, 0.3) is 5.56 Å². The molecule has 3 heterocycles. The highest BCUT2D eigenvalue weighted by atomic mass is 32.1. The lowest BCUT2D eigenvalue weighted by molar-refractivity contribution is -0.122. The second-order valence-electron chi connectivity index (χ2n) is 7.05. The Bertz CT molecular complexity index is 1350. The molecule has 0 spiro atoms. The number of amides is 1. The van der Waals surface area contributed by atoms with Crippen LogP contribution in [-0.2, 0) is 17.9 Å². The van der Waals surface area contributed by atoms with Gasteiger partial charge in [-0.25, -0.2) is 9.67 Å². The minimum atomic E-state index is -0.378. The van der Waals surface area contributed by atoms with Gasteiger partial charge in [0, 0.05) is 12.1 Å². The predicted molar refractivity (Wildman–Crippen MR) is 116 cm³/mol. The maximum atomic E-state index is 12.9. The SMILES string of the molecule is Cc1nc2c(=O)n(CC(=O)NCc3ccc4c(c3)OCO4)nc(-c3ccccc3)c2s1. The van der Waals surface area contributed by atoms with Crippen LogP contribution in [0, 0.1) is 6.92 Å². The molecule has 0 saturated heterocycles. The van der Waals surface area contributed by atoms with Crippen molar-refractivity contribution in [3.8, 4) is 22.8 Å². The summed E-state index contributed by atoms with van der Waals surface area (Å²) in [5, 5.41) is 8.10. The van der Waals surface area contributed by atoms with Crippen molar-refractivity contribution in [2.24, 2.45) is 0 Å². The molecule has 0 atom stereocenters. The molecule has 0 radical (unpaired) electrons. The Hall–Kier alpha value is -3.72. The number of fused-ring (bicyclic) bond motifs is 2. The quantitative estimate of drug-likeness (QED) is 0.519. The normalized spacial score (nSPS) is 12.3. The minimum absolute atomic E-state index is 0.196. The molecule has 8 nitrogen and oxygen atoms in total. The van der Waals surface area contributed by atoms with E-state index in [1.165, 1.54) is 16.0 Å². The lowest BCUT2D eigenvalue weighted by atomic mass is 10.1. The topological polar surface area (TPSA) is 95.3 Å². The van der Waals surface area contributed by atoms with Crippen molar-refractivity contribution in [3.63, 3.8) is 0 Å². The molecule has 0 saturated carbocycles. The van der Waals surface area contributed by atoms with Crippen LogP contribution >= 0.6 is 11.3 Å². The van der Waals surface area contributed by atoms with Gasteiger partial charge < -0.3 is 14.8 Å². The Balaban J connectivity index is 1.40. The van der Waals surface area contributed by atoms with Crippen LogP contribution in [0.25, 0.3) is 21.5 Å². The number of hydrogen-bond donors (Lipinski definition) is 1. The standard InChI is InChI=1S/C22H18N4O4S/c1-13-24-20-21(31-13)19(15-5-3-2-4-6-15)25-26(22(20)28)11-18(27)23-10-14-7-8-16-17(9-14)30-12-29-16/h2-9H,10-12H2,1H3,(H,23,27). The van der Waals surface area contributed by atoms with E-state index in [9.17, 15) is 9.59 Å². The van der Waals surface area contributed by atoms with Gasteiger partial charge in [-0.15, -0.1) is 11.3 Å². The molecule has 1 aliphatic rings. The lowest BCUT2D eigenvalue weighted by Crippen LogP contribution is -2.33. The Morgan fingerprint density at radius 3 is 2.81 bits per heavy atom. The summed E-state index contributed by atoms with van der Waals surface area (Å²) >= 11 is 1.42. The van der Waals surface area contributed by atoms with Crippen LogP contribution in [0.3, 0.4) is 0 Å². The summed E-state index contributed by atoms with van der Waals surface area (Å²) in [5.41, 5.74) is 2.33. The highest BCUT2D eigenvalue weighted by Crippen LogP contribution is 2.32. The van der Waals surface area contributed by atoms with Gasteiger partial charge in [0.1, 0.15) is 12.2 Å². The van der Waals surface area contributed by atoms with Gasteiger partial charge in [-0.1, -0.05) is 36.4 Å². The fourth-order valence-electron chi connectivity index (χ4n) is 3.40. The molecule has 31 heavy (non-hydrogen) atoms. The molecule has 1 N–H and O–H groups in total. The average Bonchev–Trinajstić information content (AvgIpc) is 3.41. The average molecular weight is 434 g/mol. The Morgan fingerprint density at radius 1 is 1.16 bits per heavy atom. The first-order chi connectivity index (χ1) is 15.1. The van der Waals surface area contributed by atoms with Crippen LogP contribution in [0.2, 0.25) is 0 Å². The Morgan fingerprint density at radius 2 is 1.97 bits per heavy atom. The number of benzene rings is 2. The van der Waals surface area contributed by atoms with E-state index < -0.39 is 0 Å². The van der Waals surface area contributed by atoms with Crippen molar-refractivity contribution in [1.29, 1.82) is 0 Å². The number of hydrogen-bond acceptors (Lipinski definition) is 7. The molecule has 9 heteroatoms. The summed E-state index contributed by atoms with van der Waals surface area (Å²) < 4.78 is 12.6. The van der Waals surface area contributed by atoms with E-state index in [4.69, 9.17) is 9.47 Å². The van der Waals surface area contributed by atoms with Gasteiger partial charge >= 0.3 is 0 Å². The molecule has 4 aromatic rings. The summed E-state index contributed by atoms with van der Waals surface area (Å²) in [5.74, 6) is 1.02. The zero-order valence-corrected chi connectivity index (χ0v) is 17.4. The Labute approximate surface area is 181 Å². The van der Waals surface area contributed by atoms with Crippen molar-refractivity contribution < 1.29 is 14.3 Å². The van der Waals surface area contributed by atoms with Crippen molar-refractivity contribution in [1.82, 2.24) is 20.1 Å². The molecule has 0 aliphatic carbocycles. The van der Waals surface area contributed by atoms with Crippen molar-refractivity contribution in [2.45, 2.75) is 20.0 Å². The number of aryl methyl sites for hydroxylation is 1. The highest BCUT2D eigenvalue weighted by molar-refractivity contribution is 7.19. The third-order valence-electron chi connectivity index (χ3n) is 4.87. The van der Waals surface area contributed by atoms with Crippen LogP contribution in [0.15, 0.2) is 53.3 Å². The van der Waals surface area contributed by atoms with Gasteiger partial charge in [0.2, 0.25) is 12.7 Å². The molecule has 0 bridgehead atoms. The smallest absolute Gasteiger partial charge is 0.294 e. The van der Waals surface area contributed by atoms with E-state index in [0.717, 1.165) is 20.8 Å². The van der Waals surface area contributed by atoms with Gasteiger partial charge in [0.15, 0.2) is 17.0 Å². The molecule has 5 rings (SSSR count). The van der Waals surface area contributed by atoms with E-state index in [-0.39, 0.29) is 24.8 Å². The molecule has 2 aromatic heterocycles. The van der Waals surface area contributed by atoms with E-state index in [1.807, 2.05) is 49.4 Å². The first kappa shape index (κ1) is 19.3. The van der Waals surface area contributed by atoms with Crippen molar-refractivity contribution >= 4 is 27.5 Å². The van der Waals surface area contributed by atoms with Gasteiger partial charge in [-0.3, -0.25) is 9.59 Å². The number of rotatable bonds is 5. The van der Waals surface area contributed by atoms with Crippen LogP contribution < -0.4 is 20.3 Å². The number of aromatic nitrogens is 3. The summed E-state index contributed by atoms with van der Waals surface area (Å²) in [6, 6.07) is 15.1. The third-order valence-corrected chi connectivity index (χ3v) is 5.85. The van der Waals surface area contributed by atoms with Crippen LogP contribution in [0.5, 0.6) is 11.5 Å². The molecule has 1 aliphatic heterocycles. The van der Waals surface area contributed by atoms with E-state index in [1.54, 1.807) is 6.07 Å². The van der Waals surface area contributed by atoms with Crippen LogP contribution in [0.1, 0.15) is 10.6 Å². The molecular weight excluding hydrogens is 416 g/mol. The third kappa shape index (κ3) is 3.75. The zero-order chi connectivity index (χ0) is 21.4. The molecular formula is C22H18N4O4S. The first-order valence-corrected chi connectivity index (χ1v) is 10.5. The van der Waals surface area contributed by atoms with Crippen LogP contribution in [0.4, 0.5) is 0 Å². The molecule has 0 unspecified atom stereocenters. The number of nitrogens with zero attached hydrogens (tertiary/aromatic N) is 3. The van der Waals surface area contributed by atoms with Gasteiger partial charge in [-0.05, 0) is 24.6 Å². The maximum Gasteiger partial charge on any atom is 0.294 e. The Kier molecular flexibility index (Phi) is 4.87. The number of carbonyl (C=O) groups is 1. The molecule has 0 fully saturated rings. The minimum Gasteiger partial charge on any atom is -0.454 e. The van der Waals surface area contributed by atoms with Gasteiger partial charge in [-0.2, -0.15) is 5.10 Å². The molecule has 1 amide bonds. The number of thiazole rings is 1. The van der Waals surface area contributed by atoms with E-state index >= 15 is 0 Å². The zero-order valence-electron chi connectivity index (χ0n) is 16.6. The number of ether oxygens (including phenoxy) is 2. The fraction of sp³-hybridized carbons (Fsp3) is 0.182. The molecule has 2 aromatic carbocycles. The van der Waals surface area contributed by atoms with E-state index in [0.29, 0.717) is 29.3 Å². The largest absolute Gasteiger partial charge is 0.454 e. The second-order valence-corrected chi connectivity index (χ2v) is 8.26. The summed E-state index contributed by atoms with van der Waals surface area (Å²) in [6.07, 6.45) is 0. The predicted octanol–water partition coefficient (Wildman–Crippen LogP) is 2.87.